The molecule has 1 aromatic carbocycles. The summed E-state index contributed by atoms with van der Waals surface area (Å²) < 4.78 is 63.2. The van der Waals surface area contributed by atoms with Gasteiger partial charge in [-0.2, -0.15) is 16.8 Å². The van der Waals surface area contributed by atoms with Gasteiger partial charge in [0.25, 0.3) is 15.6 Å². The van der Waals surface area contributed by atoms with Gasteiger partial charge in [-0.3, -0.25) is 14.1 Å². The van der Waals surface area contributed by atoms with E-state index in [2.05, 4.69) is 19.4 Å². The zero-order valence-electron chi connectivity index (χ0n) is 21.5. The summed E-state index contributed by atoms with van der Waals surface area (Å²) in [6, 6.07) is 6.32. The van der Waals surface area contributed by atoms with Gasteiger partial charge in [0.05, 0.1) is 16.8 Å². The first-order valence-corrected chi connectivity index (χ1v) is 14.8. The van der Waals surface area contributed by atoms with Crippen LogP contribution in [0.25, 0.3) is 11.0 Å². The number of sulfonamides is 1. The number of hydrogen-bond acceptors (Lipinski definition) is 11. The van der Waals surface area contributed by atoms with Gasteiger partial charge in [-0.15, -0.1) is 4.40 Å². The topological polar surface area (TPSA) is 235 Å². The number of hydrogen-bond donors (Lipinski definition) is 5. The van der Waals surface area contributed by atoms with Crippen molar-refractivity contribution in [2.24, 2.45) is 10.3 Å². The largest absolute Gasteiger partial charge is 0.506 e. The maximum atomic E-state index is 13.5. The molecule has 1 aliphatic rings. The summed E-state index contributed by atoms with van der Waals surface area (Å²) >= 11 is 0. The Balaban J connectivity index is 1.70. The maximum absolute atomic E-state index is 13.5. The van der Waals surface area contributed by atoms with E-state index in [-0.39, 0.29) is 34.9 Å². The first-order valence-electron chi connectivity index (χ1n) is 11.8. The monoisotopic (exact) mass is 608 g/mol. The van der Waals surface area contributed by atoms with E-state index in [1.165, 1.54) is 27.6 Å². The molecule has 0 saturated carbocycles. The van der Waals surface area contributed by atoms with Crippen LogP contribution in [0.1, 0.15) is 25.8 Å². The highest BCUT2D eigenvalue weighted by molar-refractivity contribution is 7.91. The number of ether oxygens (including phenoxy) is 1. The van der Waals surface area contributed by atoms with Gasteiger partial charge in [-0.25, -0.2) is 19.3 Å². The van der Waals surface area contributed by atoms with Crippen LogP contribution in [0.3, 0.4) is 0 Å². The average molecular weight is 609 g/mol. The zero-order chi connectivity index (χ0) is 30.1. The second kappa shape index (κ2) is 11.0. The van der Waals surface area contributed by atoms with Gasteiger partial charge in [-0.05, 0) is 42.7 Å². The number of fused-ring (bicyclic) bond motifs is 2. The number of benzene rings is 1. The second-order valence-electron chi connectivity index (χ2n) is 9.17. The van der Waals surface area contributed by atoms with E-state index >= 15 is 0 Å². The molecule has 3 heterocycles. The molecule has 0 radical (unpaired) electrons. The van der Waals surface area contributed by atoms with Crippen LogP contribution in [0.5, 0.6) is 5.75 Å². The molecule has 0 unspecified atom stereocenters. The van der Waals surface area contributed by atoms with Gasteiger partial charge in [-0.1, -0.05) is 13.8 Å². The summed E-state index contributed by atoms with van der Waals surface area (Å²) in [4.78, 5) is 39.2. The van der Waals surface area contributed by atoms with Crippen molar-refractivity contribution < 1.29 is 41.4 Å². The van der Waals surface area contributed by atoms with Crippen LogP contribution in [-0.4, -0.2) is 61.1 Å². The number of aryl methyl sites for hydroxylation is 1. The van der Waals surface area contributed by atoms with E-state index in [1.807, 2.05) is 18.6 Å². The standard InChI is InChI=1S/C23H24N6O10S2/c1-12(2)7-9-29-21-14(4-3-8-24-21)19(32)18(22(29)33)20-25-15-6-5-13(10-16(15)40(35,36)27-20)26-41(37,38)28-23(34)39-11-17(30)31/h3-6,8,10,12,26,32H,7,9,11H2,1-2H3,(H,25,27)(H,28,34)(H,30,31). The van der Waals surface area contributed by atoms with Crippen LogP contribution >= 0.6 is 0 Å². The molecular weight excluding hydrogens is 584 g/mol. The molecule has 18 heteroatoms. The summed E-state index contributed by atoms with van der Waals surface area (Å²) in [5, 5.41) is 22.4. The predicted octanol–water partition coefficient (Wildman–Crippen LogP) is 1.18. The van der Waals surface area contributed by atoms with Crippen molar-refractivity contribution in [2.45, 2.75) is 31.7 Å². The Kier molecular flexibility index (Phi) is 7.89. The van der Waals surface area contributed by atoms with Crippen molar-refractivity contribution in [3.8, 4) is 5.75 Å². The minimum absolute atomic E-state index is 0.0782. The maximum Gasteiger partial charge on any atom is 0.422 e. The molecular formula is C23H24N6O10S2. The summed E-state index contributed by atoms with van der Waals surface area (Å²) in [5.41, 5.74) is -1.27. The first kappa shape index (κ1) is 29.3. The predicted molar refractivity (Wildman–Crippen MR) is 146 cm³/mol. The molecule has 0 aliphatic carbocycles. The third-order valence-corrected chi connectivity index (χ3v) is 7.94. The quantitative estimate of drug-likeness (QED) is 0.230. The van der Waals surface area contributed by atoms with Gasteiger partial charge in [0.15, 0.2) is 12.4 Å². The number of carboxylic acid groups (broad SMARTS) is 1. The number of carbonyl (C=O) groups excluding carboxylic acids is 1. The number of rotatable bonds is 9. The summed E-state index contributed by atoms with van der Waals surface area (Å²) in [6.07, 6.45) is 0.483. The van der Waals surface area contributed by atoms with E-state index in [4.69, 9.17) is 5.11 Å². The van der Waals surface area contributed by atoms with Gasteiger partial charge in [0, 0.05) is 12.7 Å². The SMILES string of the molecule is CC(C)CCn1c(=O)c(C2=NS(=O)(=O)c3cc(NS(=O)(=O)NC(=O)OCC(=O)O)ccc3N2)c(O)c2cccnc21. The van der Waals surface area contributed by atoms with Crippen LogP contribution in [0, 0.1) is 5.92 Å². The van der Waals surface area contributed by atoms with E-state index < -0.39 is 66.5 Å². The third-order valence-electron chi connectivity index (χ3n) is 5.68. The Hall–Kier alpha value is -4.71. The molecule has 0 bridgehead atoms. The minimum Gasteiger partial charge on any atom is -0.506 e. The Labute approximate surface area is 232 Å². The van der Waals surface area contributed by atoms with Crippen LogP contribution in [0.4, 0.5) is 16.2 Å². The van der Waals surface area contributed by atoms with Crippen LogP contribution < -0.4 is 20.3 Å². The molecule has 3 aromatic rings. The fraction of sp³-hybridized carbons (Fsp3) is 0.261. The molecule has 0 fully saturated rings. The van der Waals surface area contributed by atoms with Gasteiger partial charge >= 0.3 is 22.3 Å². The van der Waals surface area contributed by atoms with Crippen molar-refractivity contribution in [3.63, 3.8) is 0 Å². The number of nitrogens with zero attached hydrogens (tertiary/aromatic N) is 3. The highest BCUT2D eigenvalue weighted by Crippen LogP contribution is 2.33. The summed E-state index contributed by atoms with van der Waals surface area (Å²) in [5.74, 6) is -2.25. The van der Waals surface area contributed by atoms with Crippen molar-refractivity contribution in [2.75, 3.05) is 16.6 Å². The lowest BCUT2D eigenvalue weighted by Gasteiger charge is -2.21. The zero-order valence-corrected chi connectivity index (χ0v) is 23.1. The Morgan fingerprint density at radius 2 is 1.95 bits per heavy atom. The Morgan fingerprint density at radius 1 is 1.22 bits per heavy atom. The number of pyridine rings is 2. The molecule has 2 aromatic heterocycles. The summed E-state index contributed by atoms with van der Waals surface area (Å²) in [6.45, 7) is 3.09. The lowest BCUT2D eigenvalue weighted by molar-refractivity contribution is -0.140. The molecule has 0 atom stereocenters. The van der Waals surface area contributed by atoms with E-state index in [9.17, 15) is 36.3 Å². The lowest BCUT2D eigenvalue weighted by Crippen LogP contribution is -2.36. The van der Waals surface area contributed by atoms with E-state index in [0.717, 1.165) is 12.1 Å². The molecule has 0 saturated heterocycles. The highest BCUT2D eigenvalue weighted by atomic mass is 32.2. The first-order chi connectivity index (χ1) is 19.2. The highest BCUT2D eigenvalue weighted by Gasteiger charge is 2.31. The molecule has 4 rings (SSSR count). The van der Waals surface area contributed by atoms with Crippen LogP contribution in [0.2, 0.25) is 0 Å². The number of aromatic nitrogens is 2. The Morgan fingerprint density at radius 3 is 2.63 bits per heavy atom. The van der Waals surface area contributed by atoms with Crippen molar-refractivity contribution in [1.82, 2.24) is 14.3 Å². The fourth-order valence-electron chi connectivity index (χ4n) is 3.85. The van der Waals surface area contributed by atoms with Crippen LogP contribution in [0.15, 0.2) is 50.6 Å². The number of carbonyl (C=O) groups is 2. The number of nitrogens with one attached hydrogen (secondary N) is 3. The van der Waals surface area contributed by atoms with Crippen molar-refractivity contribution in [1.29, 1.82) is 0 Å². The fourth-order valence-corrected chi connectivity index (χ4v) is 5.76. The molecule has 16 nitrogen and oxygen atoms in total. The smallest absolute Gasteiger partial charge is 0.422 e. The normalized spacial score (nSPS) is 14.1. The third kappa shape index (κ3) is 6.38. The molecule has 1 amide bonds. The number of anilines is 2. The lowest BCUT2D eigenvalue weighted by atomic mass is 10.1. The summed E-state index contributed by atoms with van der Waals surface area (Å²) in [7, 11) is -9.20. The van der Waals surface area contributed by atoms with Crippen LogP contribution in [-0.2, 0) is 36.3 Å². The number of aromatic hydroxyl groups is 1. The average Bonchev–Trinajstić information content (AvgIpc) is 2.87. The molecule has 218 valence electrons. The van der Waals surface area contributed by atoms with Crippen molar-refractivity contribution in [3.05, 3.63) is 52.4 Å². The molecule has 5 N–H and O–H groups in total. The minimum atomic E-state index is -4.65. The number of carboxylic acids is 1. The second-order valence-corrected chi connectivity index (χ2v) is 12.2. The number of amides is 1. The molecule has 1 aliphatic heterocycles. The van der Waals surface area contributed by atoms with E-state index in [1.54, 1.807) is 6.07 Å². The van der Waals surface area contributed by atoms with Gasteiger partial charge in [0.2, 0.25) is 0 Å². The van der Waals surface area contributed by atoms with E-state index in [0.29, 0.717) is 6.42 Å². The molecule has 41 heavy (non-hydrogen) atoms. The molecule has 0 spiro atoms. The van der Waals surface area contributed by atoms with Gasteiger partial charge in [0.1, 0.15) is 21.9 Å². The van der Waals surface area contributed by atoms with Crippen molar-refractivity contribution >= 4 is 60.5 Å². The van der Waals surface area contributed by atoms with Gasteiger partial charge < -0.3 is 20.3 Å². The number of aliphatic carboxylic acids is 1. The number of amidine groups is 1. The Bertz CT molecular complexity index is 1870.